The quantitative estimate of drug-likeness (QED) is 0.650. The van der Waals surface area contributed by atoms with E-state index in [-0.39, 0.29) is 11.7 Å². The van der Waals surface area contributed by atoms with Crippen LogP contribution in [-0.4, -0.2) is 33.4 Å². The number of amides is 1. The summed E-state index contributed by atoms with van der Waals surface area (Å²) < 4.78 is 10.9. The van der Waals surface area contributed by atoms with Crippen molar-refractivity contribution in [3.05, 3.63) is 48.8 Å². The van der Waals surface area contributed by atoms with Gasteiger partial charge >= 0.3 is 0 Å². The van der Waals surface area contributed by atoms with Gasteiger partial charge in [-0.3, -0.25) is 9.78 Å². The van der Waals surface area contributed by atoms with Gasteiger partial charge in [0.2, 0.25) is 11.8 Å². The first-order valence-electron chi connectivity index (χ1n) is 7.64. The van der Waals surface area contributed by atoms with Crippen molar-refractivity contribution in [2.75, 3.05) is 17.7 Å². The van der Waals surface area contributed by atoms with E-state index in [1.54, 1.807) is 30.6 Å². The maximum absolute atomic E-state index is 12.0. The highest BCUT2D eigenvalue weighted by Gasteiger charge is 2.11. The molecule has 1 amide bonds. The highest BCUT2D eigenvalue weighted by Crippen LogP contribution is 2.22. The zero-order valence-electron chi connectivity index (χ0n) is 13.5. The number of pyridine rings is 1. The maximum atomic E-state index is 12.0. The fourth-order valence-electron chi connectivity index (χ4n) is 2.00. The number of aromatic nitrogens is 3. The zero-order chi connectivity index (χ0) is 17.5. The molecule has 7 nitrogen and oxygen atoms in total. The standard InChI is InChI=1S/C17H16N4O3S/c1-2-23-14-7-5-13(6-8-14)19-15(22)11-25-17-21-20-16(24-17)12-4-3-9-18-10-12/h3-10H,2,11H2,1H3,(H,19,22). The van der Waals surface area contributed by atoms with E-state index < -0.39 is 0 Å². The number of thioether (sulfide) groups is 1. The molecule has 0 radical (unpaired) electrons. The predicted octanol–water partition coefficient (Wildman–Crippen LogP) is 3.26. The monoisotopic (exact) mass is 356 g/mol. The number of hydrogen-bond acceptors (Lipinski definition) is 7. The third-order valence-electron chi connectivity index (χ3n) is 3.09. The fraction of sp³-hybridized carbons (Fsp3) is 0.176. The third kappa shape index (κ3) is 4.80. The summed E-state index contributed by atoms with van der Waals surface area (Å²) in [7, 11) is 0. The Morgan fingerprint density at radius 2 is 2.08 bits per heavy atom. The van der Waals surface area contributed by atoms with E-state index in [0.29, 0.717) is 23.4 Å². The minimum absolute atomic E-state index is 0.157. The molecule has 3 aromatic rings. The van der Waals surface area contributed by atoms with E-state index in [1.165, 1.54) is 11.8 Å². The first kappa shape index (κ1) is 17.0. The van der Waals surface area contributed by atoms with Crippen LogP contribution < -0.4 is 10.1 Å². The molecule has 0 saturated carbocycles. The van der Waals surface area contributed by atoms with Crippen LogP contribution in [0.25, 0.3) is 11.5 Å². The average molecular weight is 356 g/mol. The zero-order valence-corrected chi connectivity index (χ0v) is 14.3. The van der Waals surface area contributed by atoms with Crippen LogP contribution in [0.2, 0.25) is 0 Å². The van der Waals surface area contributed by atoms with Gasteiger partial charge in [0, 0.05) is 18.1 Å². The van der Waals surface area contributed by atoms with Gasteiger partial charge < -0.3 is 14.5 Å². The van der Waals surface area contributed by atoms with Gasteiger partial charge in [0.25, 0.3) is 5.22 Å². The first-order chi connectivity index (χ1) is 12.2. The van der Waals surface area contributed by atoms with Crippen molar-refractivity contribution in [3.8, 4) is 17.2 Å². The smallest absolute Gasteiger partial charge is 0.277 e. The Balaban J connectivity index is 1.51. The summed E-state index contributed by atoms with van der Waals surface area (Å²) in [5.41, 5.74) is 1.44. The van der Waals surface area contributed by atoms with Crippen LogP contribution in [0.1, 0.15) is 6.92 Å². The second kappa shape index (κ2) is 8.29. The van der Waals surface area contributed by atoms with Gasteiger partial charge in [-0.25, -0.2) is 0 Å². The fourth-order valence-corrected chi connectivity index (χ4v) is 2.56. The van der Waals surface area contributed by atoms with Crippen molar-refractivity contribution < 1.29 is 13.9 Å². The Hall–Kier alpha value is -2.87. The van der Waals surface area contributed by atoms with Crippen molar-refractivity contribution >= 4 is 23.4 Å². The number of benzene rings is 1. The minimum atomic E-state index is -0.157. The van der Waals surface area contributed by atoms with Crippen LogP contribution in [0.4, 0.5) is 5.69 Å². The lowest BCUT2D eigenvalue weighted by atomic mass is 10.3. The summed E-state index contributed by atoms with van der Waals surface area (Å²) in [6, 6.07) is 10.8. The van der Waals surface area contributed by atoms with E-state index in [2.05, 4.69) is 20.5 Å². The molecule has 0 saturated heterocycles. The molecular weight excluding hydrogens is 340 g/mol. The van der Waals surface area contributed by atoms with E-state index in [1.807, 2.05) is 25.1 Å². The summed E-state index contributed by atoms with van der Waals surface area (Å²) in [6.45, 7) is 2.53. The van der Waals surface area contributed by atoms with E-state index in [4.69, 9.17) is 9.15 Å². The Morgan fingerprint density at radius 1 is 1.24 bits per heavy atom. The Bertz CT molecular complexity index is 821. The second-order valence-electron chi connectivity index (χ2n) is 4.91. The Kier molecular flexibility index (Phi) is 5.63. The van der Waals surface area contributed by atoms with Crippen molar-refractivity contribution in [2.45, 2.75) is 12.1 Å². The third-order valence-corrected chi connectivity index (χ3v) is 3.91. The lowest BCUT2D eigenvalue weighted by Gasteiger charge is -2.06. The first-order valence-corrected chi connectivity index (χ1v) is 8.62. The highest BCUT2D eigenvalue weighted by atomic mass is 32.2. The van der Waals surface area contributed by atoms with E-state index >= 15 is 0 Å². The van der Waals surface area contributed by atoms with Gasteiger partial charge in [0.15, 0.2) is 0 Å². The molecule has 0 spiro atoms. The molecule has 0 bridgehead atoms. The second-order valence-corrected chi connectivity index (χ2v) is 5.84. The number of hydrogen-bond donors (Lipinski definition) is 1. The number of nitrogens with one attached hydrogen (secondary N) is 1. The molecule has 1 aromatic carbocycles. The molecule has 0 fully saturated rings. The number of anilines is 1. The molecule has 0 atom stereocenters. The van der Waals surface area contributed by atoms with Gasteiger partial charge in [-0.1, -0.05) is 11.8 Å². The van der Waals surface area contributed by atoms with Crippen molar-refractivity contribution in [2.24, 2.45) is 0 Å². The molecule has 128 valence electrons. The molecule has 8 heteroatoms. The van der Waals surface area contributed by atoms with Crippen LogP contribution >= 0.6 is 11.8 Å². The van der Waals surface area contributed by atoms with Gasteiger partial charge in [-0.05, 0) is 43.3 Å². The van der Waals surface area contributed by atoms with Gasteiger partial charge in [0.05, 0.1) is 17.9 Å². The van der Waals surface area contributed by atoms with Crippen LogP contribution in [0.15, 0.2) is 58.4 Å². The molecule has 0 aliphatic heterocycles. The average Bonchev–Trinajstić information content (AvgIpc) is 3.12. The highest BCUT2D eigenvalue weighted by molar-refractivity contribution is 7.99. The molecule has 3 rings (SSSR count). The van der Waals surface area contributed by atoms with Crippen molar-refractivity contribution in [1.29, 1.82) is 0 Å². The van der Waals surface area contributed by atoms with Crippen molar-refractivity contribution in [3.63, 3.8) is 0 Å². The van der Waals surface area contributed by atoms with E-state index in [0.717, 1.165) is 11.3 Å². The molecule has 1 N–H and O–H groups in total. The molecule has 2 heterocycles. The molecule has 25 heavy (non-hydrogen) atoms. The van der Waals surface area contributed by atoms with Crippen LogP contribution in [0.5, 0.6) is 5.75 Å². The number of rotatable bonds is 7. The van der Waals surface area contributed by atoms with Crippen LogP contribution in [0, 0.1) is 0 Å². The number of carbonyl (C=O) groups excluding carboxylic acids is 1. The molecule has 2 aromatic heterocycles. The molecule has 0 aliphatic carbocycles. The number of nitrogens with zero attached hydrogens (tertiary/aromatic N) is 3. The molecule has 0 unspecified atom stereocenters. The summed E-state index contributed by atoms with van der Waals surface area (Å²) in [6.07, 6.45) is 3.31. The summed E-state index contributed by atoms with van der Waals surface area (Å²) >= 11 is 1.18. The largest absolute Gasteiger partial charge is 0.494 e. The van der Waals surface area contributed by atoms with Crippen molar-refractivity contribution in [1.82, 2.24) is 15.2 Å². The summed E-state index contributed by atoms with van der Waals surface area (Å²) in [5.74, 6) is 1.16. The van der Waals surface area contributed by atoms with Gasteiger partial charge in [-0.15, -0.1) is 10.2 Å². The molecular formula is C17H16N4O3S. The van der Waals surface area contributed by atoms with Gasteiger partial charge in [0.1, 0.15) is 5.75 Å². The van der Waals surface area contributed by atoms with Gasteiger partial charge in [-0.2, -0.15) is 0 Å². The molecule has 0 aliphatic rings. The lowest BCUT2D eigenvalue weighted by molar-refractivity contribution is -0.113. The Morgan fingerprint density at radius 3 is 2.80 bits per heavy atom. The maximum Gasteiger partial charge on any atom is 0.277 e. The SMILES string of the molecule is CCOc1ccc(NC(=O)CSc2nnc(-c3cccnc3)o2)cc1. The van der Waals surface area contributed by atoms with Crippen LogP contribution in [-0.2, 0) is 4.79 Å². The van der Waals surface area contributed by atoms with E-state index in [9.17, 15) is 4.79 Å². The number of carbonyl (C=O) groups is 1. The topological polar surface area (TPSA) is 90.1 Å². The predicted molar refractivity (Wildman–Crippen MR) is 94.5 cm³/mol. The Labute approximate surface area is 148 Å². The minimum Gasteiger partial charge on any atom is -0.494 e. The lowest BCUT2D eigenvalue weighted by Crippen LogP contribution is -2.13. The van der Waals surface area contributed by atoms with Crippen LogP contribution in [0.3, 0.4) is 0 Å². The number of ether oxygens (including phenoxy) is 1. The summed E-state index contributed by atoms with van der Waals surface area (Å²) in [5, 5.41) is 11.0. The summed E-state index contributed by atoms with van der Waals surface area (Å²) in [4.78, 5) is 16.0. The normalized spacial score (nSPS) is 10.4.